The molecule has 1 aromatic heterocycles. The van der Waals surface area contributed by atoms with Crippen LogP contribution in [0.15, 0.2) is 29.4 Å². The van der Waals surface area contributed by atoms with Crippen LogP contribution < -0.4 is 10.5 Å². The average molecular weight is 362 g/mol. The average Bonchev–Trinajstić information content (AvgIpc) is 3.00. The zero-order chi connectivity index (χ0) is 18.4. The van der Waals surface area contributed by atoms with Crippen molar-refractivity contribution in [3.8, 4) is 5.75 Å². The van der Waals surface area contributed by atoms with Gasteiger partial charge in [-0.05, 0) is 38.1 Å². The highest BCUT2D eigenvalue weighted by Gasteiger charge is 2.21. The quantitative estimate of drug-likeness (QED) is 0.541. The number of hydrogen-bond acceptors (Lipinski definition) is 6. The minimum absolute atomic E-state index is 0.0111. The number of nitrogens with two attached hydrogens (primary N) is 1. The van der Waals surface area contributed by atoms with Crippen LogP contribution >= 0.6 is 11.8 Å². The van der Waals surface area contributed by atoms with Crippen molar-refractivity contribution in [1.82, 2.24) is 14.8 Å². The summed E-state index contributed by atoms with van der Waals surface area (Å²) in [7, 11) is 1.59. The number of ether oxygens (including phenoxy) is 1. The molecule has 1 atom stereocenters. The number of methoxy groups -OCH3 is 1. The Morgan fingerprint density at radius 1 is 1.28 bits per heavy atom. The monoisotopic (exact) mass is 362 g/mol. The molecule has 2 N–H and O–H groups in total. The molecule has 0 aliphatic rings. The molecular formula is C17H22N4O3S. The van der Waals surface area contributed by atoms with Gasteiger partial charge in [0.15, 0.2) is 10.9 Å². The van der Waals surface area contributed by atoms with Crippen LogP contribution in [-0.4, -0.2) is 38.8 Å². The third-order valence-corrected chi connectivity index (χ3v) is 4.81. The van der Waals surface area contributed by atoms with Gasteiger partial charge in [-0.25, -0.2) is 0 Å². The molecule has 0 aliphatic carbocycles. The van der Waals surface area contributed by atoms with Gasteiger partial charge in [0.1, 0.15) is 11.6 Å². The second-order valence-corrected chi connectivity index (χ2v) is 6.77. The van der Waals surface area contributed by atoms with E-state index in [4.69, 9.17) is 10.5 Å². The number of thioether (sulfide) groups is 1. The Labute approximate surface area is 150 Å². The summed E-state index contributed by atoms with van der Waals surface area (Å²) in [5.74, 6) is 1.05. The molecule has 0 fully saturated rings. The summed E-state index contributed by atoms with van der Waals surface area (Å²) in [4.78, 5) is 23.5. The minimum atomic E-state index is -0.372. The van der Waals surface area contributed by atoms with Gasteiger partial charge in [0.2, 0.25) is 5.91 Å². The van der Waals surface area contributed by atoms with Crippen molar-refractivity contribution in [1.29, 1.82) is 0 Å². The van der Waals surface area contributed by atoms with Gasteiger partial charge in [0, 0.05) is 24.9 Å². The van der Waals surface area contributed by atoms with Gasteiger partial charge in [-0.15, -0.1) is 10.2 Å². The molecule has 2 rings (SSSR count). The molecule has 0 aliphatic heterocycles. The second kappa shape index (κ2) is 8.66. The number of carbonyl (C=O) groups is 2. The largest absolute Gasteiger partial charge is 0.497 e. The van der Waals surface area contributed by atoms with E-state index in [2.05, 4.69) is 10.2 Å². The summed E-state index contributed by atoms with van der Waals surface area (Å²) in [5.41, 5.74) is 5.81. The number of benzene rings is 1. The maximum atomic E-state index is 12.6. The van der Waals surface area contributed by atoms with Gasteiger partial charge in [0.25, 0.3) is 0 Å². The second-order valence-electron chi connectivity index (χ2n) is 5.46. The normalized spacial score (nSPS) is 12.0. The molecule has 1 aromatic carbocycles. The number of ketones is 1. The van der Waals surface area contributed by atoms with E-state index in [1.807, 2.05) is 18.4 Å². The van der Waals surface area contributed by atoms with Crippen molar-refractivity contribution in [2.24, 2.45) is 5.73 Å². The molecular weight excluding hydrogens is 340 g/mol. The van der Waals surface area contributed by atoms with Gasteiger partial charge < -0.3 is 15.0 Å². The van der Waals surface area contributed by atoms with Gasteiger partial charge >= 0.3 is 0 Å². The highest BCUT2D eigenvalue weighted by molar-refractivity contribution is 8.00. The molecule has 2 aromatic rings. The number of nitrogens with zero attached hydrogens (tertiary/aromatic N) is 3. The molecule has 25 heavy (non-hydrogen) atoms. The van der Waals surface area contributed by atoms with Gasteiger partial charge in [-0.2, -0.15) is 0 Å². The zero-order valence-electron chi connectivity index (χ0n) is 14.6. The third kappa shape index (κ3) is 4.82. The fourth-order valence-electron chi connectivity index (χ4n) is 2.35. The van der Waals surface area contributed by atoms with Crippen molar-refractivity contribution in [2.45, 2.75) is 43.6 Å². The Bertz CT molecular complexity index is 743. The van der Waals surface area contributed by atoms with Gasteiger partial charge in [-0.3, -0.25) is 9.59 Å². The van der Waals surface area contributed by atoms with E-state index in [-0.39, 0.29) is 23.4 Å². The Morgan fingerprint density at radius 3 is 2.52 bits per heavy atom. The highest BCUT2D eigenvalue weighted by Crippen LogP contribution is 2.26. The molecule has 1 heterocycles. The molecule has 134 valence electrons. The lowest BCUT2D eigenvalue weighted by Crippen LogP contribution is -2.15. The Kier molecular flexibility index (Phi) is 6.58. The molecule has 8 heteroatoms. The summed E-state index contributed by atoms with van der Waals surface area (Å²) >= 11 is 1.36. The molecule has 0 saturated heterocycles. The lowest BCUT2D eigenvalue weighted by atomic mass is 10.1. The minimum Gasteiger partial charge on any atom is -0.497 e. The molecule has 0 radical (unpaired) electrons. The van der Waals surface area contributed by atoms with Gasteiger partial charge in [-0.1, -0.05) is 11.8 Å². The van der Waals surface area contributed by atoms with Crippen molar-refractivity contribution >= 4 is 23.5 Å². The van der Waals surface area contributed by atoms with Crippen molar-refractivity contribution in [2.75, 3.05) is 7.11 Å². The Hall–Kier alpha value is -2.35. The zero-order valence-corrected chi connectivity index (χ0v) is 15.4. The van der Waals surface area contributed by atoms with E-state index < -0.39 is 0 Å². The fraction of sp³-hybridized carbons (Fsp3) is 0.412. The van der Waals surface area contributed by atoms with Crippen LogP contribution in [0.5, 0.6) is 5.75 Å². The maximum absolute atomic E-state index is 12.6. The topological polar surface area (TPSA) is 100 Å². The predicted molar refractivity (Wildman–Crippen MR) is 95.9 cm³/mol. The van der Waals surface area contributed by atoms with Crippen LogP contribution in [-0.2, 0) is 17.8 Å². The van der Waals surface area contributed by atoms with E-state index in [0.29, 0.717) is 35.3 Å². The Morgan fingerprint density at radius 2 is 1.96 bits per heavy atom. The lowest BCUT2D eigenvalue weighted by Gasteiger charge is -2.12. The third-order valence-electron chi connectivity index (χ3n) is 3.73. The molecule has 0 spiro atoms. The highest BCUT2D eigenvalue weighted by atomic mass is 32.2. The Balaban J connectivity index is 2.09. The number of Topliss-reactive ketones (excluding diaryl/α,β-unsaturated/α-hetero) is 1. The van der Waals surface area contributed by atoms with Crippen molar-refractivity contribution in [3.63, 3.8) is 0 Å². The lowest BCUT2D eigenvalue weighted by molar-refractivity contribution is -0.118. The number of rotatable bonds is 9. The van der Waals surface area contributed by atoms with Crippen LogP contribution in [0.25, 0.3) is 0 Å². The van der Waals surface area contributed by atoms with Crippen molar-refractivity contribution < 1.29 is 14.3 Å². The first kappa shape index (κ1) is 19.0. The summed E-state index contributed by atoms with van der Waals surface area (Å²) in [6.07, 6.45) is 0.667. The number of aromatic nitrogens is 3. The van der Waals surface area contributed by atoms with Crippen molar-refractivity contribution in [3.05, 3.63) is 35.7 Å². The standard InChI is InChI=1S/C17H22N4O3S/c1-4-21-15(10-9-14(18)22)19-20-17(21)25-11(2)16(23)12-5-7-13(24-3)8-6-12/h5-8,11H,4,9-10H2,1-3H3,(H2,18,22)/t11-/m0/s1. The fourth-order valence-corrected chi connectivity index (χ4v) is 3.35. The maximum Gasteiger partial charge on any atom is 0.217 e. The SMILES string of the molecule is CCn1c(CCC(N)=O)nnc1S[C@@H](C)C(=O)c1ccc(OC)cc1. The van der Waals surface area contributed by atoms with Crippen LogP contribution in [0.3, 0.4) is 0 Å². The number of primary amides is 1. The predicted octanol–water partition coefficient (Wildman–Crippen LogP) is 2.09. The van der Waals surface area contributed by atoms with Gasteiger partial charge in [0.05, 0.1) is 12.4 Å². The number of aryl methyl sites for hydroxylation is 1. The smallest absolute Gasteiger partial charge is 0.217 e. The summed E-state index contributed by atoms with van der Waals surface area (Å²) < 4.78 is 7.01. The summed E-state index contributed by atoms with van der Waals surface area (Å²) in [5, 5.41) is 8.63. The van der Waals surface area contributed by atoms with Crippen LogP contribution in [0.2, 0.25) is 0 Å². The van der Waals surface area contributed by atoms with E-state index >= 15 is 0 Å². The van der Waals surface area contributed by atoms with Crippen LogP contribution in [0.4, 0.5) is 0 Å². The molecule has 0 bridgehead atoms. The van der Waals surface area contributed by atoms with E-state index in [1.165, 1.54) is 11.8 Å². The molecule has 0 unspecified atom stereocenters. The number of hydrogen-bond donors (Lipinski definition) is 1. The number of amides is 1. The first-order valence-corrected chi connectivity index (χ1v) is 8.89. The molecule has 7 nitrogen and oxygen atoms in total. The summed E-state index contributed by atoms with van der Waals surface area (Å²) in [6.45, 7) is 4.47. The molecule has 0 saturated carbocycles. The van der Waals surface area contributed by atoms with Crippen LogP contribution in [0, 0.1) is 0 Å². The van der Waals surface area contributed by atoms with E-state index in [0.717, 1.165) is 0 Å². The van der Waals surface area contributed by atoms with E-state index in [1.54, 1.807) is 31.4 Å². The first-order chi connectivity index (χ1) is 12.0. The summed E-state index contributed by atoms with van der Waals surface area (Å²) in [6, 6.07) is 7.03. The molecule has 1 amide bonds. The van der Waals surface area contributed by atoms with Crippen LogP contribution in [0.1, 0.15) is 36.5 Å². The van der Waals surface area contributed by atoms with E-state index in [9.17, 15) is 9.59 Å². The number of carbonyl (C=O) groups excluding carboxylic acids is 2. The first-order valence-electron chi connectivity index (χ1n) is 8.01.